The highest BCUT2D eigenvalue weighted by molar-refractivity contribution is 9.10. The number of aromatic nitrogens is 2. The molecule has 0 N–H and O–H groups in total. The Kier molecular flexibility index (Phi) is 6.24. The van der Waals surface area contributed by atoms with Gasteiger partial charge in [-0.3, -0.25) is 0 Å². The lowest BCUT2D eigenvalue weighted by atomic mass is 10.1. The van der Waals surface area contributed by atoms with E-state index in [1.165, 1.54) is 20.3 Å². The Morgan fingerprint density at radius 2 is 1.97 bits per heavy atom. The number of rotatable bonds is 4. The molecule has 0 radical (unpaired) electrons. The summed E-state index contributed by atoms with van der Waals surface area (Å²) in [7, 11) is 2.54. The molecule has 0 bridgehead atoms. The van der Waals surface area contributed by atoms with Crippen LogP contribution >= 0.6 is 15.9 Å². The van der Waals surface area contributed by atoms with Crippen molar-refractivity contribution in [3.63, 3.8) is 0 Å². The van der Waals surface area contributed by atoms with E-state index in [1.807, 2.05) is 22.9 Å². The van der Waals surface area contributed by atoms with E-state index in [9.17, 15) is 9.59 Å². The van der Waals surface area contributed by atoms with Crippen LogP contribution in [0.15, 0.2) is 58.5 Å². The minimum atomic E-state index is -0.651. The number of anilines is 1. The number of nitrogens with zero attached hydrogens (tertiary/aromatic N) is 3. The van der Waals surface area contributed by atoms with Gasteiger partial charge in [0.25, 0.3) is 0 Å². The lowest BCUT2D eigenvalue weighted by molar-refractivity contribution is -0.139. The van der Waals surface area contributed by atoms with Crippen LogP contribution in [-0.2, 0) is 23.8 Å². The molecule has 2 aromatic rings. The average molecular weight is 488 g/mol. The van der Waals surface area contributed by atoms with Crippen LogP contribution in [-0.4, -0.2) is 42.5 Å². The van der Waals surface area contributed by atoms with Crippen molar-refractivity contribution in [3.8, 4) is 0 Å². The SMILES string of the molecule is COC(=O)C1=C(C(=O)OC)N(c2ccc3c(c2)c(Br)nn3C2CCCCO2)C=CC=C1. The van der Waals surface area contributed by atoms with Gasteiger partial charge in [-0.15, -0.1) is 0 Å². The van der Waals surface area contributed by atoms with E-state index in [1.54, 1.807) is 23.3 Å². The van der Waals surface area contributed by atoms with Crippen LogP contribution in [0.25, 0.3) is 10.9 Å². The lowest BCUT2D eigenvalue weighted by Crippen LogP contribution is -2.26. The maximum absolute atomic E-state index is 12.6. The summed E-state index contributed by atoms with van der Waals surface area (Å²) in [4.78, 5) is 26.6. The van der Waals surface area contributed by atoms with Crippen molar-refractivity contribution < 1.29 is 23.8 Å². The lowest BCUT2D eigenvalue weighted by Gasteiger charge is -2.24. The van der Waals surface area contributed by atoms with Gasteiger partial charge in [0, 0.05) is 23.9 Å². The summed E-state index contributed by atoms with van der Waals surface area (Å²) >= 11 is 3.55. The smallest absolute Gasteiger partial charge is 0.355 e. The Morgan fingerprint density at radius 1 is 1.16 bits per heavy atom. The Morgan fingerprint density at radius 3 is 2.68 bits per heavy atom. The van der Waals surface area contributed by atoms with Crippen molar-refractivity contribution in [2.24, 2.45) is 0 Å². The molecular formula is C22H22BrN3O5. The molecule has 4 rings (SSSR count). The fourth-order valence-corrected chi connectivity index (χ4v) is 4.23. The van der Waals surface area contributed by atoms with Crippen LogP contribution in [0, 0.1) is 0 Å². The van der Waals surface area contributed by atoms with Crippen LogP contribution in [0.4, 0.5) is 5.69 Å². The minimum absolute atomic E-state index is 0.0674. The van der Waals surface area contributed by atoms with Gasteiger partial charge in [0.2, 0.25) is 0 Å². The van der Waals surface area contributed by atoms with Crippen molar-refractivity contribution in [2.75, 3.05) is 25.7 Å². The van der Waals surface area contributed by atoms with Crippen LogP contribution in [0.3, 0.4) is 0 Å². The monoisotopic (exact) mass is 487 g/mol. The van der Waals surface area contributed by atoms with Gasteiger partial charge in [-0.25, -0.2) is 14.3 Å². The summed E-state index contributed by atoms with van der Waals surface area (Å²) in [6.45, 7) is 0.719. The highest BCUT2D eigenvalue weighted by Crippen LogP contribution is 2.34. The largest absolute Gasteiger partial charge is 0.465 e. The zero-order valence-corrected chi connectivity index (χ0v) is 18.8. The summed E-state index contributed by atoms with van der Waals surface area (Å²) in [5, 5.41) is 5.49. The van der Waals surface area contributed by atoms with Gasteiger partial charge < -0.3 is 19.1 Å². The Balaban J connectivity index is 1.82. The number of allylic oxidation sites excluding steroid dienone is 2. The predicted octanol–water partition coefficient (Wildman–Crippen LogP) is 3.99. The standard InChI is InChI=1S/C22H22BrN3O5/c1-29-21(27)15-7-3-5-11-25(19(15)22(28)30-2)14-9-10-17-16(13-14)20(23)24-26(17)18-8-4-6-12-31-18/h3,5,7,9-11,13,18H,4,6,8,12H2,1-2H3. The number of fused-ring (bicyclic) bond motifs is 1. The molecule has 0 amide bonds. The van der Waals surface area contributed by atoms with Crippen LogP contribution in [0.2, 0.25) is 0 Å². The summed E-state index contributed by atoms with van der Waals surface area (Å²) in [5.74, 6) is -1.28. The molecule has 3 heterocycles. The first-order chi connectivity index (χ1) is 15.0. The second kappa shape index (κ2) is 9.07. The summed E-state index contributed by atoms with van der Waals surface area (Å²) in [5.41, 5.74) is 1.75. The molecule has 1 atom stereocenters. The minimum Gasteiger partial charge on any atom is -0.465 e. The van der Waals surface area contributed by atoms with Crippen LogP contribution < -0.4 is 4.90 Å². The van der Waals surface area contributed by atoms with Gasteiger partial charge in [0.15, 0.2) is 6.23 Å². The Bertz CT molecular complexity index is 1110. The van der Waals surface area contributed by atoms with E-state index < -0.39 is 11.9 Å². The number of halogens is 1. The molecule has 1 fully saturated rings. The first kappa shape index (κ1) is 21.3. The highest BCUT2D eigenvalue weighted by Gasteiger charge is 2.28. The molecule has 0 spiro atoms. The molecule has 1 unspecified atom stereocenters. The number of benzene rings is 1. The summed E-state index contributed by atoms with van der Waals surface area (Å²) in [6, 6.07) is 5.70. The number of hydrogen-bond donors (Lipinski definition) is 0. The first-order valence-corrected chi connectivity index (χ1v) is 10.7. The summed E-state index contributed by atoms with van der Waals surface area (Å²) < 4.78 is 18.3. The van der Waals surface area contributed by atoms with E-state index in [0.29, 0.717) is 10.3 Å². The van der Waals surface area contributed by atoms with Gasteiger partial charge in [0.05, 0.1) is 25.3 Å². The van der Waals surface area contributed by atoms with E-state index in [-0.39, 0.29) is 17.5 Å². The number of hydrogen-bond acceptors (Lipinski definition) is 7. The molecule has 1 saturated heterocycles. The number of methoxy groups -OCH3 is 2. The number of esters is 2. The molecule has 1 aromatic heterocycles. The molecule has 8 nitrogen and oxygen atoms in total. The molecule has 2 aliphatic heterocycles. The number of carbonyl (C=O) groups excluding carboxylic acids is 2. The van der Waals surface area contributed by atoms with Gasteiger partial charge >= 0.3 is 11.9 Å². The predicted molar refractivity (Wildman–Crippen MR) is 118 cm³/mol. The van der Waals surface area contributed by atoms with Gasteiger partial charge in [-0.05, 0) is 65.5 Å². The highest BCUT2D eigenvalue weighted by atomic mass is 79.9. The van der Waals surface area contributed by atoms with Crippen molar-refractivity contribution >= 4 is 44.5 Å². The van der Waals surface area contributed by atoms with Crippen molar-refractivity contribution in [1.82, 2.24) is 9.78 Å². The number of ether oxygens (including phenoxy) is 3. The van der Waals surface area contributed by atoms with Gasteiger partial charge in [-0.2, -0.15) is 5.10 Å². The molecule has 2 aliphatic rings. The van der Waals surface area contributed by atoms with Gasteiger partial charge in [-0.1, -0.05) is 6.08 Å². The van der Waals surface area contributed by atoms with Crippen molar-refractivity contribution in [1.29, 1.82) is 0 Å². The average Bonchev–Trinajstić information content (AvgIpc) is 2.99. The molecule has 1 aromatic carbocycles. The second-order valence-corrected chi connectivity index (χ2v) is 7.83. The van der Waals surface area contributed by atoms with Crippen molar-refractivity contribution in [3.05, 3.63) is 58.5 Å². The summed E-state index contributed by atoms with van der Waals surface area (Å²) in [6.07, 6.45) is 9.58. The Labute approximate surface area is 187 Å². The molecule has 31 heavy (non-hydrogen) atoms. The second-order valence-electron chi connectivity index (χ2n) is 7.07. The topological polar surface area (TPSA) is 82.9 Å². The molecule has 0 saturated carbocycles. The maximum Gasteiger partial charge on any atom is 0.355 e. The molecular weight excluding hydrogens is 466 g/mol. The van der Waals surface area contributed by atoms with E-state index >= 15 is 0 Å². The zero-order chi connectivity index (χ0) is 22.0. The number of carbonyl (C=O) groups is 2. The van der Waals surface area contributed by atoms with Crippen LogP contribution in [0.5, 0.6) is 0 Å². The molecule has 0 aliphatic carbocycles. The molecule has 9 heteroatoms. The fourth-order valence-electron chi connectivity index (χ4n) is 3.74. The zero-order valence-electron chi connectivity index (χ0n) is 17.2. The van der Waals surface area contributed by atoms with Gasteiger partial charge in [0.1, 0.15) is 10.3 Å². The normalized spacial score (nSPS) is 18.9. The fraction of sp³-hybridized carbons (Fsp3) is 0.318. The third-order valence-corrected chi connectivity index (χ3v) is 5.83. The first-order valence-electron chi connectivity index (χ1n) is 9.89. The van der Waals surface area contributed by atoms with E-state index in [4.69, 9.17) is 14.2 Å². The third kappa shape index (κ3) is 4.03. The Hall–Kier alpha value is -2.91. The van der Waals surface area contributed by atoms with E-state index in [2.05, 4.69) is 21.0 Å². The third-order valence-electron chi connectivity index (χ3n) is 5.24. The molecule has 162 valence electrons. The maximum atomic E-state index is 12.6. The van der Waals surface area contributed by atoms with E-state index in [0.717, 1.165) is 36.8 Å². The van der Waals surface area contributed by atoms with Crippen LogP contribution in [0.1, 0.15) is 25.5 Å². The van der Waals surface area contributed by atoms with Crippen molar-refractivity contribution in [2.45, 2.75) is 25.5 Å². The quantitative estimate of drug-likeness (QED) is 0.602.